The highest BCUT2D eigenvalue weighted by molar-refractivity contribution is 9.10. The van der Waals surface area contributed by atoms with Gasteiger partial charge >= 0.3 is 5.97 Å². The highest BCUT2D eigenvalue weighted by Gasteiger charge is 2.20. The van der Waals surface area contributed by atoms with Crippen molar-refractivity contribution in [2.75, 3.05) is 6.61 Å². The number of carbonyl (C=O) groups excluding carboxylic acids is 1. The van der Waals surface area contributed by atoms with Gasteiger partial charge in [0.25, 0.3) is 0 Å². The quantitative estimate of drug-likeness (QED) is 0.794. The minimum atomic E-state index is -0.331. The lowest BCUT2D eigenvalue weighted by Crippen LogP contribution is -2.16. The molecule has 1 aromatic rings. The lowest BCUT2D eigenvalue weighted by Gasteiger charge is -2.12. The Morgan fingerprint density at radius 3 is 2.87 bits per heavy atom. The van der Waals surface area contributed by atoms with Crippen LogP contribution in [-0.2, 0) is 4.74 Å². The molecule has 4 nitrogen and oxygen atoms in total. The summed E-state index contributed by atoms with van der Waals surface area (Å²) in [4.78, 5) is 11.7. The second-order valence-electron chi connectivity index (χ2n) is 3.26. The minimum Gasteiger partial charge on any atom is -0.461 e. The molecular weight excluding hydrogens is 260 g/mol. The van der Waals surface area contributed by atoms with Crippen LogP contribution in [-0.4, -0.2) is 22.4 Å². The van der Waals surface area contributed by atoms with Crippen LogP contribution in [0.3, 0.4) is 0 Å². The standard InChI is InChI=1S/C10H15BrN2O2/c1-4-7(3)13-9(8(11)6-12-13)10(14)15-5-2/h6-7H,4-5H2,1-3H3/t7-/m0/s1. The monoisotopic (exact) mass is 274 g/mol. The average Bonchev–Trinajstić information content (AvgIpc) is 2.59. The van der Waals surface area contributed by atoms with Crippen molar-refractivity contribution in [3.05, 3.63) is 16.4 Å². The van der Waals surface area contributed by atoms with E-state index in [1.165, 1.54) is 0 Å². The molecule has 0 saturated carbocycles. The molecule has 0 spiro atoms. The Balaban J connectivity index is 3.03. The maximum absolute atomic E-state index is 11.7. The van der Waals surface area contributed by atoms with Gasteiger partial charge in [-0.25, -0.2) is 4.79 Å². The van der Waals surface area contributed by atoms with E-state index < -0.39 is 0 Å². The predicted octanol–water partition coefficient (Wildman–Crippen LogP) is 2.79. The summed E-state index contributed by atoms with van der Waals surface area (Å²) >= 11 is 3.30. The topological polar surface area (TPSA) is 44.1 Å². The Kier molecular flexibility index (Phi) is 4.32. The largest absolute Gasteiger partial charge is 0.461 e. The van der Waals surface area contributed by atoms with Crippen LogP contribution >= 0.6 is 15.9 Å². The molecular formula is C10H15BrN2O2. The molecule has 0 unspecified atom stereocenters. The van der Waals surface area contributed by atoms with Gasteiger partial charge in [0.2, 0.25) is 0 Å². The van der Waals surface area contributed by atoms with Crippen LogP contribution in [0, 0.1) is 0 Å². The number of halogens is 1. The van der Waals surface area contributed by atoms with E-state index >= 15 is 0 Å². The molecule has 0 aliphatic heterocycles. The summed E-state index contributed by atoms with van der Waals surface area (Å²) in [5, 5.41) is 4.16. The van der Waals surface area contributed by atoms with Gasteiger partial charge in [-0.1, -0.05) is 6.92 Å². The highest BCUT2D eigenvalue weighted by Crippen LogP contribution is 2.21. The maximum Gasteiger partial charge on any atom is 0.357 e. The van der Waals surface area contributed by atoms with Gasteiger partial charge in [-0.2, -0.15) is 5.10 Å². The third kappa shape index (κ3) is 2.59. The summed E-state index contributed by atoms with van der Waals surface area (Å²) in [6, 6.07) is 0.190. The number of aromatic nitrogens is 2. The lowest BCUT2D eigenvalue weighted by molar-refractivity contribution is 0.0508. The first-order valence-electron chi connectivity index (χ1n) is 5.01. The third-order valence-corrected chi connectivity index (χ3v) is 2.81. The fourth-order valence-corrected chi connectivity index (χ4v) is 1.67. The van der Waals surface area contributed by atoms with E-state index in [0.29, 0.717) is 16.8 Å². The Bertz CT molecular complexity index is 349. The molecule has 1 rings (SSSR count). The van der Waals surface area contributed by atoms with Crippen LogP contribution in [0.2, 0.25) is 0 Å². The molecule has 0 radical (unpaired) electrons. The molecule has 0 aliphatic rings. The van der Waals surface area contributed by atoms with Gasteiger partial charge in [0.05, 0.1) is 17.3 Å². The van der Waals surface area contributed by atoms with Crippen molar-refractivity contribution in [2.24, 2.45) is 0 Å². The van der Waals surface area contributed by atoms with E-state index in [4.69, 9.17) is 4.74 Å². The van der Waals surface area contributed by atoms with E-state index in [-0.39, 0.29) is 12.0 Å². The second kappa shape index (κ2) is 5.30. The molecule has 0 N–H and O–H groups in total. The van der Waals surface area contributed by atoms with Crippen molar-refractivity contribution in [1.29, 1.82) is 0 Å². The van der Waals surface area contributed by atoms with Gasteiger partial charge in [0.1, 0.15) is 0 Å². The Morgan fingerprint density at radius 1 is 1.67 bits per heavy atom. The minimum absolute atomic E-state index is 0.190. The number of hydrogen-bond donors (Lipinski definition) is 0. The fourth-order valence-electron chi connectivity index (χ4n) is 1.24. The molecule has 15 heavy (non-hydrogen) atoms. The maximum atomic E-state index is 11.7. The van der Waals surface area contributed by atoms with Gasteiger partial charge in [-0.15, -0.1) is 0 Å². The van der Waals surface area contributed by atoms with Crippen LogP contribution < -0.4 is 0 Å². The second-order valence-corrected chi connectivity index (χ2v) is 4.12. The van der Waals surface area contributed by atoms with Gasteiger partial charge < -0.3 is 4.74 Å². The third-order valence-electron chi connectivity index (χ3n) is 2.23. The molecule has 0 amide bonds. The van der Waals surface area contributed by atoms with E-state index in [1.54, 1.807) is 17.8 Å². The Morgan fingerprint density at radius 2 is 2.33 bits per heavy atom. The van der Waals surface area contributed by atoms with Crippen LogP contribution in [0.25, 0.3) is 0 Å². The number of ether oxygens (including phenoxy) is 1. The smallest absolute Gasteiger partial charge is 0.357 e. The lowest BCUT2D eigenvalue weighted by atomic mass is 10.2. The van der Waals surface area contributed by atoms with Crippen molar-refractivity contribution < 1.29 is 9.53 Å². The predicted molar refractivity (Wildman–Crippen MR) is 60.9 cm³/mol. The van der Waals surface area contributed by atoms with E-state index in [1.807, 2.05) is 6.92 Å². The highest BCUT2D eigenvalue weighted by atomic mass is 79.9. The molecule has 0 saturated heterocycles. The van der Waals surface area contributed by atoms with Crippen LogP contribution in [0.15, 0.2) is 10.7 Å². The molecule has 0 bridgehead atoms. The summed E-state index contributed by atoms with van der Waals surface area (Å²) in [6.45, 7) is 6.23. The average molecular weight is 275 g/mol. The summed E-state index contributed by atoms with van der Waals surface area (Å²) in [6.07, 6.45) is 2.54. The Hall–Kier alpha value is -0.840. The van der Waals surface area contributed by atoms with Crippen LogP contribution in [0.4, 0.5) is 0 Å². The SMILES string of the molecule is CCOC(=O)c1c(Br)cnn1[C@@H](C)CC. The molecule has 5 heteroatoms. The van der Waals surface area contributed by atoms with Crippen molar-refractivity contribution in [1.82, 2.24) is 9.78 Å². The van der Waals surface area contributed by atoms with Crippen molar-refractivity contribution in [3.63, 3.8) is 0 Å². The first-order valence-corrected chi connectivity index (χ1v) is 5.81. The fraction of sp³-hybridized carbons (Fsp3) is 0.600. The summed E-state index contributed by atoms with van der Waals surface area (Å²) in [7, 11) is 0. The number of rotatable bonds is 4. The number of esters is 1. The zero-order valence-electron chi connectivity index (χ0n) is 9.16. The zero-order valence-corrected chi connectivity index (χ0v) is 10.7. The first-order chi connectivity index (χ1) is 7.11. The number of hydrogen-bond acceptors (Lipinski definition) is 3. The molecule has 0 aromatic carbocycles. The van der Waals surface area contributed by atoms with Crippen LogP contribution in [0.5, 0.6) is 0 Å². The number of nitrogens with zero attached hydrogens (tertiary/aromatic N) is 2. The van der Waals surface area contributed by atoms with Gasteiger partial charge in [-0.05, 0) is 36.2 Å². The first kappa shape index (κ1) is 12.2. The molecule has 0 aliphatic carbocycles. The van der Waals surface area contributed by atoms with Gasteiger partial charge in [0.15, 0.2) is 5.69 Å². The van der Waals surface area contributed by atoms with E-state index in [2.05, 4.69) is 28.0 Å². The molecule has 1 aromatic heterocycles. The normalized spacial score (nSPS) is 12.5. The zero-order chi connectivity index (χ0) is 11.4. The van der Waals surface area contributed by atoms with Crippen LogP contribution in [0.1, 0.15) is 43.7 Å². The molecule has 0 fully saturated rings. The summed E-state index contributed by atoms with van der Waals surface area (Å²) in [5.41, 5.74) is 0.492. The van der Waals surface area contributed by atoms with E-state index in [9.17, 15) is 4.79 Å². The summed E-state index contributed by atoms with van der Waals surface area (Å²) in [5.74, 6) is -0.331. The van der Waals surface area contributed by atoms with Crippen molar-refractivity contribution >= 4 is 21.9 Å². The molecule has 1 atom stereocenters. The van der Waals surface area contributed by atoms with E-state index in [0.717, 1.165) is 6.42 Å². The summed E-state index contributed by atoms with van der Waals surface area (Å²) < 4.78 is 7.35. The molecule has 84 valence electrons. The van der Waals surface area contributed by atoms with Crippen molar-refractivity contribution in [3.8, 4) is 0 Å². The Labute approximate surface area is 97.7 Å². The number of carbonyl (C=O) groups is 1. The van der Waals surface area contributed by atoms with Gasteiger partial charge in [0, 0.05) is 6.04 Å². The van der Waals surface area contributed by atoms with Crippen molar-refractivity contribution in [2.45, 2.75) is 33.2 Å². The van der Waals surface area contributed by atoms with Gasteiger partial charge in [-0.3, -0.25) is 4.68 Å². The molecule has 1 heterocycles.